The first-order chi connectivity index (χ1) is 8.83. The van der Waals surface area contributed by atoms with Crippen LogP contribution in [0.5, 0.6) is 0 Å². The van der Waals surface area contributed by atoms with Gasteiger partial charge in [-0.3, -0.25) is 0 Å². The van der Waals surface area contributed by atoms with Gasteiger partial charge in [-0.2, -0.15) is 17.2 Å². The second-order valence-electron chi connectivity index (χ2n) is 2.71. The summed E-state index contributed by atoms with van der Waals surface area (Å²) in [7, 11) is -29.7. The second-order valence-corrected chi connectivity index (χ2v) is 10.1. The predicted molar refractivity (Wildman–Crippen MR) is 59.0 cm³/mol. The second kappa shape index (κ2) is 8.39. The summed E-state index contributed by atoms with van der Waals surface area (Å²) >= 11 is 0. The average Bonchev–Trinajstić information content (AvgIpc) is 1.83. The molecule has 0 rings (SSSR count). The first-order valence-corrected chi connectivity index (χ1v) is 11.3. The Kier molecular flexibility index (Phi) is 9.90. The third-order valence-electron chi connectivity index (χ3n) is 0.825. The van der Waals surface area contributed by atoms with Gasteiger partial charge in [0.25, 0.3) is 0 Å². The zero-order valence-corrected chi connectivity index (χ0v) is 16.5. The van der Waals surface area contributed by atoms with E-state index in [2.05, 4.69) is 17.2 Å². The van der Waals surface area contributed by atoms with Crippen molar-refractivity contribution in [2.24, 2.45) is 0 Å². The van der Waals surface area contributed by atoms with Crippen molar-refractivity contribution in [3.8, 4) is 0 Å². The minimum Gasteiger partial charge on any atom is -1.00 e. The molecule has 0 aliphatic heterocycles. The van der Waals surface area contributed by atoms with Crippen molar-refractivity contribution in [2.45, 2.75) is 0 Å². The first kappa shape index (κ1) is 25.9. The summed E-state index contributed by atoms with van der Waals surface area (Å²) in [5.74, 6) is 0. The number of rotatable bonds is 8. The Hall–Kier alpha value is 1.71. The standard InChI is InChI=1S/Na.H7O16P5.H/c;1-17(2,3)13-20(10,11)16-21(12,14-18(4,5)6)15-19(7,8)9;/h;(H,10,11)(H2,1,2,3)(H2,4,5,6)(H2,7,8,9);/q+1;;-1. The van der Waals surface area contributed by atoms with Gasteiger partial charge < -0.3 is 35.7 Å². The molecule has 0 spiro atoms. The van der Waals surface area contributed by atoms with Crippen molar-refractivity contribution in [1.82, 2.24) is 0 Å². The van der Waals surface area contributed by atoms with Crippen molar-refractivity contribution in [1.29, 1.82) is 0 Å². The summed E-state index contributed by atoms with van der Waals surface area (Å²) in [4.78, 5) is 58.5. The fourth-order valence-electron chi connectivity index (χ4n) is 0.581. The van der Waals surface area contributed by atoms with Crippen molar-refractivity contribution in [3.63, 3.8) is 0 Å². The molecule has 0 heterocycles. The molecule has 22 heavy (non-hydrogen) atoms. The van der Waals surface area contributed by atoms with Crippen LogP contribution < -0.4 is 29.6 Å². The third-order valence-corrected chi connectivity index (χ3v) is 7.43. The van der Waals surface area contributed by atoms with Crippen LogP contribution in [-0.4, -0.2) is 34.3 Å². The van der Waals surface area contributed by atoms with Gasteiger partial charge in [-0.15, -0.1) is 0 Å². The molecule has 16 nitrogen and oxygen atoms in total. The molecule has 0 aliphatic rings. The smallest absolute Gasteiger partial charge is 1.00 e. The van der Waals surface area contributed by atoms with Gasteiger partial charge in [-0.05, 0) is 0 Å². The van der Waals surface area contributed by atoms with E-state index in [1.165, 1.54) is 0 Å². The molecule has 22 heteroatoms. The van der Waals surface area contributed by atoms with Gasteiger partial charge >= 0.3 is 68.7 Å². The van der Waals surface area contributed by atoms with E-state index in [4.69, 9.17) is 34.3 Å². The van der Waals surface area contributed by atoms with E-state index >= 15 is 0 Å². The van der Waals surface area contributed by atoms with Crippen LogP contribution in [0, 0.1) is 0 Å². The van der Waals surface area contributed by atoms with Crippen molar-refractivity contribution in [2.75, 3.05) is 0 Å². The first-order valence-electron chi connectivity index (χ1n) is 3.77. The van der Waals surface area contributed by atoms with Crippen LogP contribution in [0.4, 0.5) is 0 Å². The van der Waals surface area contributed by atoms with Crippen LogP contribution in [0.3, 0.4) is 0 Å². The molecule has 0 aromatic rings. The average molecular weight is 442 g/mol. The topological polar surface area (TPSA) is 264 Å². The Morgan fingerprint density at radius 3 is 1.05 bits per heavy atom. The van der Waals surface area contributed by atoms with Gasteiger partial charge in [0, 0.05) is 0 Å². The van der Waals surface area contributed by atoms with Crippen LogP contribution in [0.25, 0.3) is 0 Å². The van der Waals surface area contributed by atoms with Crippen LogP contribution in [-0.2, 0) is 40.1 Å². The van der Waals surface area contributed by atoms with Crippen LogP contribution in [0.15, 0.2) is 0 Å². The Morgan fingerprint density at radius 1 is 0.545 bits per heavy atom. The summed E-state index contributed by atoms with van der Waals surface area (Å²) in [6, 6.07) is 0. The van der Waals surface area contributed by atoms with Crippen LogP contribution >= 0.6 is 39.1 Å². The minimum absolute atomic E-state index is 0. The number of hydrogen-bond donors (Lipinski definition) is 7. The molecule has 0 amide bonds. The van der Waals surface area contributed by atoms with Gasteiger partial charge in [0.05, 0.1) is 0 Å². The predicted octanol–water partition coefficient (Wildman–Crippen LogP) is -3.34. The summed E-state index contributed by atoms with van der Waals surface area (Å²) in [6.45, 7) is 0. The molecule has 130 valence electrons. The Morgan fingerprint density at radius 2 is 0.818 bits per heavy atom. The zero-order valence-electron chi connectivity index (χ0n) is 11.0. The van der Waals surface area contributed by atoms with E-state index in [9.17, 15) is 22.8 Å². The van der Waals surface area contributed by atoms with E-state index < -0.39 is 39.1 Å². The summed E-state index contributed by atoms with van der Waals surface area (Å²) in [5, 5.41) is 0. The maximum absolute atomic E-state index is 11.4. The van der Waals surface area contributed by atoms with E-state index in [0.29, 0.717) is 0 Å². The quantitative estimate of drug-likeness (QED) is 0.143. The Bertz CT molecular complexity index is 574. The Labute approximate surface area is 144 Å². The summed E-state index contributed by atoms with van der Waals surface area (Å²) < 4.78 is 66.3. The third kappa shape index (κ3) is 14.1. The monoisotopic (exact) mass is 442 g/mol. The SMILES string of the molecule is O=P(O)(O)OP(=O)(O)OP(=O)(OP(=O)(O)O)OP(=O)(O)O.[H-].[Na+]. The van der Waals surface area contributed by atoms with E-state index in [1.807, 2.05) is 0 Å². The maximum Gasteiger partial charge on any atom is 1.00 e. The fraction of sp³-hybridized carbons (Fsp3) is 0. The van der Waals surface area contributed by atoms with Gasteiger partial charge in [0.15, 0.2) is 0 Å². The molecular formula is H8NaO16P5. The van der Waals surface area contributed by atoms with Gasteiger partial charge in [0.2, 0.25) is 0 Å². The van der Waals surface area contributed by atoms with Crippen LogP contribution in [0.2, 0.25) is 0 Å². The van der Waals surface area contributed by atoms with E-state index in [-0.39, 0.29) is 31.0 Å². The zero-order chi connectivity index (χ0) is 17.3. The molecule has 0 aromatic heterocycles. The molecule has 0 saturated carbocycles. The van der Waals surface area contributed by atoms with Crippen LogP contribution in [0.1, 0.15) is 1.43 Å². The minimum atomic E-state index is -6.18. The summed E-state index contributed by atoms with van der Waals surface area (Å²) in [5.41, 5.74) is 0. The molecule has 0 bridgehead atoms. The van der Waals surface area contributed by atoms with Crippen molar-refractivity contribution < 1.29 is 105 Å². The molecule has 0 saturated heterocycles. The maximum atomic E-state index is 11.4. The van der Waals surface area contributed by atoms with E-state index in [0.717, 1.165) is 0 Å². The molecule has 0 fully saturated rings. The van der Waals surface area contributed by atoms with E-state index in [1.54, 1.807) is 0 Å². The fourth-order valence-corrected chi connectivity index (χ4v) is 6.30. The van der Waals surface area contributed by atoms with Gasteiger partial charge in [-0.1, -0.05) is 0 Å². The Balaban J connectivity index is -0.00000200. The number of hydrogen-bond acceptors (Lipinski definition) is 9. The molecule has 0 aromatic carbocycles. The summed E-state index contributed by atoms with van der Waals surface area (Å²) in [6.07, 6.45) is 0. The van der Waals surface area contributed by atoms with Crippen molar-refractivity contribution in [3.05, 3.63) is 0 Å². The van der Waals surface area contributed by atoms with Crippen molar-refractivity contribution >= 4 is 39.1 Å². The van der Waals surface area contributed by atoms with Gasteiger partial charge in [0.1, 0.15) is 0 Å². The molecule has 7 N–H and O–H groups in total. The molecular weight excluding hydrogens is 434 g/mol. The number of phosphoric acid groups is 5. The molecule has 0 radical (unpaired) electrons. The van der Waals surface area contributed by atoms with Gasteiger partial charge in [-0.25, -0.2) is 22.8 Å². The normalized spacial score (nSPS) is 16.7. The molecule has 1 atom stereocenters. The molecule has 1 unspecified atom stereocenters. The molecule has 0 aliphatic carbocycles. The largest absolute Gasteiger partial charge is 1.00 e.